The third-order valence-electron chi connectivity index (χ3n) is 5.53. The van der Waals surface area contributed by atoms with Crippen molar-refractivity contribution < 1.29 is 14.1 Å². The van der Waals surface area contributed by atoms with Crippen LogP contribution in [-0.4, -0.2) is 32.7 Å². The molecule has 180 valence electrons. The van der Waals surface area contributed by atoms with E-state index in [-0.39, 0.29) is 29.3 Å². The Kier molecular flexibility index (Phi) is 6.22. The molecule has 0 aliphatic heterocycles. The summed E-state index contributed by atoms with van der Waals surface area (Å²) in [5.74, 6) is 0.704. The van der Waals surface area contributed by atoms with Crippen molar-refractivity contribution in [2.45, 2.75) is 13.5 Å². The van der Waals surface area contributed by atoms with Crippen LogP contribution in [0.5, 0.6) is 5.75 Å². The number of hydrogen-bond acceptors (Lipinski definition) is 7. The third kappa shape index (κ3) is 4.56. The molecule has 0 radical (unpaired) electrons. The number of nitrogens with zero attached hydrogens (tertiary/aromatic N) is 4. The maximum atomic E-state index is 13.3. The largest absolute Gasteiger partial charge is 0.497 e. The number of ether oxygens (including phenoxy) is 1. The lowest BCUT2D eigenvalue weighted by Gasteiger charge is -2.13. The second kappa shape index (κ2) is 9.63. The van der Waals surface area contributed by atoms with E-state index in [1.165, 1.54) is 6.20 Å². The smallest absolute Gasteiger partial charge is 0.263 e. The van der Waals surface area contributed by atoms with E-state index < -0.39 is 0 Å². The summed E-state index contributed by atoms with van der Waals surface area (Å²) in [7, 11) is 1.58. The third-order valence-corrected chi connectivity index (χ3v) is 5.86. The van der Waals surface area contributed by atoms with Gasteiger partial charge in [-0.05, 0) is 55.5 Å². The van der Waals surface area contributed by atoms with Gasteiger partial charge in [0.15, 0.2) is 0 Å². The molecule has 0 aliphatic rings. The highest BCUT2D eigenvalue weighted by Gasteiger charge is 2.19. The Hall–Kier alpha value is -4.50. The predicted molar refractivity (Wildman–Crippen MR) is 136 cm³/mol. The monoisotopic (exact) mass is 501 g/mol. The van der Waals surface area contributed by atoms with Gasteiger partial charge in [0.05, 0.1) is 23.2 Å². The lowest BCUT2D eigenvalue weighted by Crippen LogP contribution is -2.22. The number of anilines is 1. The van der Waals surface area contributed by atoms with E-state index in [2.05, 4.69) is 20.4 Å². The van der Waals surface area contributed by atoms with E-state index in [0.29, 0.717) is 44.6 Å². The summed E-state index contributed by atoms with van der Waals surface area (Å²) in [4.78, 5) is 35.1. The fourth-order valence-electron chi connectivity index (χ4n) is 3.73. The summed E-state index contributed by atoms with van der Waals surface area (Å²) in [6, 6.07) is 17.5. The number of pyridine rings is 2. The lowest BCUT2D eigenvalue weighted by atomic mass is 10.1. The van der Waals surface area contributed by atoms with Crippen LogP contribution in [-0.2, 0) is 11.3 Å². The van der Waals surface area contributed by atoms with Crippen molar-refractivity contribution >= 4 is 34.2 Å². The van der Waals surface area contributed by atoms with Gasteiger partial charge in [-0.3, -0.25) is 9.59 Å². The van der Waals surface area contributed by atoms with Crippen LogP contribution < -0.4 is 15.5 Å². The molecule has 1 N–H and O–H groups in total. The summed E-state index contributed by atoms with van der Waals surface area (Å²) >= 11 is 6.17. The summed E-state index contributed by atoms with van der Waals surface area (Å²) in [6.07, 6.45) is 1.51. The molecule has 3 aromatic heterocycles. The van der Waals surface area contributed by atoms with Crippen molar-refractivity contribution in [2.24, 2.45) is 0 Å². The molecule has 0 atom stereocenters. The minimum atomic E-state index is -0.341. The van der Waals surface area contributed by atoms with Crippen LogP contribution in [0.25, 0.3) is 33.9 Å². The molecular weight excluding hydrogens is 482 g/mol. The van der Waals surface area contributed by atoms with Crippen LogP contribution in [0.15, 0.2) is 76.2 Å². The zero-order valence-corrected chi connectivity index (χ0v) is 20.1. The second-order valence-corrected chi connectivity index (χ2v) is 8.41. The zero-order chi connectivity index (χ0) is 25.2. The minimum absolute atomic E-state index is 0.0357. The van der Waals surface area contributed by atoms with E-state index in [1.807, 2.05) is 6.92 Å². The van der Waals surface area contributed by atoms with Gasteiger partial charge in [0.25, 0.3) is 5.89 Å². The fraction of sp³-hybridized carbons (Fsp3) is 0.115. The molecule has 9 nitrogen and oxygen atoms in total. The van der Waals surface area contributed by atoms with Gasteiger partial charge < -0.3 is 19.1 Å². The van der Waals surface area contributed by atoms with Crippen LogP contribution in [0.2, 0.25) is 5.02 Å². The number of aryl methyl sites for hydroxylation is 1. The van der Waals surface area contributed by atoms with Gasteiger partial charge in [-0.2, -0.15) is 4.98 Å². The number of aromatic nitrogens is 4. The summed E-state index contributed by atoms with van der Waals surface area (Å²) in [6.45, 7) is 1.69. The first kappa shape index (κ1) is 23.3. The summed E-state index contributed by atoms with van der Waals surface area (Å²) < 4.78 is 12.2. The number of fused-ring (bicyclic) bond motifs is 1. The van der Waals surface area contributed by atoms with Crippen LogP contribution in [0.1, 0.15) is 5.69 Å². The molecule has 0 spiro atoms. The maximum absolute atomic E-state index is 13.3. The number of hydrogen-bond donors (Lipinski definition) is 1. The number of para-hydroxylation sites is 1. The molecule has 36 heavy (non-hydrogen) atoms. The van der Waals surface area contributed by atoms with E-state index in [0.717, 1.165) is 0 Å². The molecule has 10 heteroatoms. The zero-order valence-electron chi connectivity index (χ0n) is 19.4. The minimum Gasteiger partial charge on any atom is -0.497 e. The number of rotatable bonds is 6. The van der Waals surface area contributed by atoms with Crippen LogP contribution in [0.3, 0.4) is 0 Å². The van der Waals surface area contributed by atoms with E-state index in [9.17, 15) is 9.59 Å². The highest BCUT2D eigenvalue weighted by Crippen LogP contribution is 2.24. The Morgan fingerprint density at radius 3 is 2.61 bits per heavy atom. The standard InChI is InChI=1S/C26H20ClN5O4/c1-15-7-12-18-23(34)19(26-30-24(31-36-26)16-8-10-17(35-2)11-9-16)13-32(25(18)28-15)14-22(33)29-21-6-4-3-5-20(21)27/h3-13H,14H2,1-2H3,(H,29,33). The molecule has 2 aromatic carbocycles. The van der Waals surface area contributed by atoms with Crippen molar-refractivity contribution in [1.29, 1.82) is 0 Å². The van der Waals surface area contributed by atoms with Crippen LogP contribution >= 0.6 is 11.6 Å². The molecule has 0 saturated carbocycles. The van der Waals surface area contributed by atoms with E-state index >= 15 is 0 Å². The van der Waals surface area contributed by atoms with Crippen molar-refractivity contribution in [1.82, 2.24) is 19.7 Å². The van der Waals surface area contributed by atoms with Gasteiger partial charge in [-0.1, -0.05) is 28.9 Å². The van der Waals surface area contributed by atoms with Gasteiger partial charge in [-0.15, -0.1) is 0 Å². The Labute approximate surface area is 210 Å². The first-order valence-electron chi connectivity index (χ1n) is 11.0. The van der Waals surface area contributed by atoms with Gasteiger partial charge in [0.2, 0.25) is 17.2 Å². The quantitative estimate of drug-likeness (QED) is 0.358. The second-order valence-electron chi connectivity index (χ2n) is 8.00. The van der Waals surface area contributed by atoms with Gasteiger partial charge in [-0.25, -0.2) is 4.98 Å². The number of benzene rings is 2. The number of methoxy groups -OCH3 is 1. The Balaban J connectivity index is 1.54. The topological polar surface area (TPSA) is 112 Å². The highest BCUT2D eigenvalue weighted by molar-refractivity contribution is 6.33. The lowest BCUT2D eigenvalue weighted by molar-refractivity contribution is -0.116. The number of halogens is 1. The normalized spacial score (nSPS) is 11.0. The molecule has 0 saturated heterocycles. The first-order chi connectivity index (χ1) is 17.4. The molecule has 0 aliphatic carbocycles. The van der Waals surface area contributed by atoms with E-state index in [1.54, 1.807) is 72.3 Å². The molecule has 3 heterocycles. The van der Waals surface area contributed by atoms with Crippen molar-refractivity contribution in [2.75, 3.05) is 12.4 Å². The summed E-state index contributed by atoms with van der Waals surface area (Å²) in [5, 5.41) is 7.56. The molecular formula is C26H20ClN5O4. The van der Waals surface area contributed by atoms with Gasteiger partial charge in [0, 0.05) is 17.5 Å². The van der Waals surface area contributed by atoms with Crippen LogP contribution in [0.4, 0.5) is 5.69 Å². The van der Waals surface area contributed by atoms with E-state index in [4.69, 9.17) is 20.9 Å². The van der Waals surface area contributed by atoms with Crippen molar-refractivity contribution in [3.05, 3.63) is 87.8 Å². The van der Waals surface area contributed by atoms with Gasteiger partial charge >= 0.3 is 0 Å². The number of carbonyl (C=O) groups is 1. The number of carbonyl (C=O) groups excluding carboxylic acids is 1. The maximum Gasteiger partial charge on any atom is 0.263 e. The molecule has 0 bridgehead atoms. The molecule has 1 amide bonds. The molecule has 0 fully saturated rings. The molecule has 5 rings (SSSR count). The Morgan fingerprint density at radius 2 is 1.86 bits per heavy atom. The predicted octanol–water partition coefficient (Wildman–Crippen LogP) is 4.72. The first-order valence-corrected chi connectivity index (χ1v) is 11.3. The van der Waals surface area contributed by atoms with Crippen LogP contribution in [0, 0.1) is 6.92 Å². The number of amides is 1. The SMILES string of the molecule is COc1ccc(-c2noc(-c3cn(CC(=O)Nc4ccccc4Cl)c4nc(C)ccc4c3=O)n2)cc1. The molecule has 5 aromatic rings. The highest BCUT2D eigenvalue weighted by atomic mass is 35.5. The summed E-state index contributed by atoms with van der Waals surface area (Å²) in [5.41, 5.74) is 2.09. The average molecular weight is 502 g/mol. The Bertz CT molecular complexity index is 1640. The average Bonchev–Trinajstić information content (AvgIpc) is 3.37. The van der Waals surface area contributed by atoms with Crippen molar-refractivity contribution in [3.8, 4) is 28.6 Å². The molecule has 0 unspecified atom stereocenters. The fourth-order valence-corrected chi connectivity index (χ4v) is 3.91. The Morgan fingerprint density at radius 1 is 1.08 bits per heavy atom. The number of nitrogens with one attached hydrogen (secondary N) is 1. The van der Waals surface area contributed by atoms with Crippen molar-refractivity contribution in [3.63, 3.8) is 0 Å². The van der Waals surface area contributed by atoms with Gasteiger partial charge in [0.1, 0.15) is 23.5 Å².